The topological polar surface area (TPSA) is 69.6 Å². The summed E-state index contributed by atoms with van der Waals surface area (Å²) in [5, 5.41) is 12.2. The third-order valence-electron chi connectivity index (χ3n) is 3.88. The van der Waals surface area contributed by atoms with Gasteiger partial charge in [0.1, 0.15) is 0 Å². The van der Waals surface area contributed by atoms with Gasteiger partial charge in [-0.25, -0.2) is 9.59 Å². The molecule has 1 aromatic carbocycles. The number of halogens is 1. The van der Waals surface area contributed by atoms with Gasteiger partial charge in [0.15, 0.2) is 0 Å². The van der Waals surface area contributed by atoms with Crippen LogP contribution in [-0.4, -0.2) is 34.1 Å². The van der Waals surface area contributed by atoms with Crippen molar-refractivity contribution < 1.29 is 14.7 Å². The summed E-state index contributed by atoms with van der Waals surface area (Å²) in [7, 11) is 0. The van der Waals surface area contributed by atoms with Crippen molar-refractivity contribution in [2.24, 2.45) is 0 Å². The molecule has 1 saturated heterocycles. The van der Waals surface area contributed by atoms with Crippen LogP contribution in [0.1, 0.15) is 43.5 Å². The predicted molar refractivity (Wildman–Crippen MR) is 82.0 cm³/mol. The van der Waals surface area contributed by atoms with Crippen molar-refractivity contribution in [2.75, 3.05) is 5.32 Å². The molecule has 1 aliphatic rings. The number of urea groups is 1. The molecule has 0 spiro atoms. The van der Waals surface area contributed by atoms with E-state index in [1.54, 1.807) is 11.0 Å². The number of benzene rings is 1. The first-order valence-electron chi connectivity index (χ1n) is 7.02. The molecule has 6 heteroatoms. The molecule has 114 valence electrons. The number of rotatable bonds is 2. The first-order chi connectivity index (χ1) is 9.90. The van der Waals surface area contributed by atoms with Crippen LogP contribution in [-0.2, 0) is 0 Å². The van der Waals surface area contributed by atoms with Gasteiger partial charge in [-0.05, 0) is 51.3 Å². The van der Waals surface area contributed by atoms with E-state index in [-0.39, 0.29) is 29.4 Å². The number of carboxylic acids is 1. The van der Waals surface area contributed by atoms with Crippen molar-refractivity contribution in [3.05, 3.63) is 28.8 Å². The number of carbonyl (C=O) groups is 2. The zero-order chi connectivity index (χ0) is 15.6. The van der Waals surface area contributed by atoms with Crippen molar-refractivity contribution in [1.29, 1.82) is 0 Å². The van der Waals surface area contributed by atoms with Crippen LogP contribution in [0.3, 0.4) is 0 Å². The number of anilines is 1. The number of amides is 2. The van der Waals surface area contributed by atoms with E-state index in [0.717, 1.165) is 19.3 Å². The highest BCUT2D eigenvalue weighted by Gasteiger charge is 2.29. The average Bonchev–Trinajstić information content (AvgIpc) is 2.40. The van der Waals surface area contributed by atoms with Crippen LogP contribution in [0.5, 0.6) is 0 Å². The molecular formula is C15H19ClN2O3. The van der Waals surface area contributed by atoms with Gasteiger partial charge < -0.3 is 15.3 Å². The lowest BCUT2D eigenvalue weighted by Gasteiger charge is -2.39. The summed E-state index contributed by atoms with van der Waals surface area (Å²) < 4.78 is 0. The lowest BCUT2D eigenvalue weighted by molar-refractivity contribution is 0.0698. The zero-order valence-electron chi connectivity index (χ0n) is 12.1. The molecule has 2 amide bonds. The minimum atomic E-state index is -1.12. The molecule has 0 bridgehead atoms. The Kier molecular flexibility index (Phi) is 4.73. The summed E-state index contributed by atoms with van der Waals surface area (Å²) >= 11 is 5.81. The van der Waals surface area contributed by atoms with Gasteiger partial charge in [0, 0.05) is 17.1 Å². The van der Waals surface area contributed by atoms with Crippen molar-refractivity contribution in [2.45, 2.75) is 45.2 Å². The van der Waals surface area contributed by atoms with Gasteiger partial charge in [-0.15, -0.1) is 0 Å². The molecule has 0 aliphatic carbocycles. The lowest BCUT2D eigenvalue weighted by atomic mass is 9.98. The minimum Gasteiger partial charge on any atom is -0.478 e. The van der Waals surface area contributed by atoms with E-state index in [0.29, 0.717) is 5.02 Å². The van der Waals surface area contributed by atoms with E-state index in [1.807, 2.05) is 13.8 Å². The molecule has 1 heterocycles. The Hall–Kier alpha value is -1.75. The number of carboxylic acid groups (broad SMARTS) is 1. The Morgan fingerprint density at radius 2 is 1.90 bits per heavy atom. The van der Waals surface area contributed by atoms with Gasteiger partial charge in [-0.2, -0.15) is 0 Å². The zero-order valence-corrected chi connectivity index (χ0v) is 12.9. The smallest absolute Gasteiger partial charge is 0.337 e. The van der Waals surface area contributed by atoms with Gasteiger partial charge in [0.05, 0.1) is 11.3 Å². The molecule has 0 unspecified atom stereocenters. The molecule has 0 aromatic heterocycles. The number of aromatic carboxylic acids is 1. The second kappa shape index (κ2) is 6.35. The minimum absolute atomic E-state index is 0.00633. The molecule has 2 atom stereocenters. The van der Waals surface area contributed by atoms with Crippen LogP contribution in [0.15, 0.2) is 18.2 Å². The molecule has 0 saturated carbocycles. The number of carbonyl (C=O) groups excluding carboxylic acids is 1. The fraction of sp³-hybridized carbons (Fsp3) is 0.467. The third kappa shape index (κ3) is 3.47. The Balaban J connectivity index is 2.21. The van der Waals surface area contributed by atoms with Crippen molar-refractivity contribution in [1.82, 2.24) is 4.90 Å². The predicted octanol–water partition coefficient (Wildman–Crippen LogP) is 3.83. The fourth-order valence-electron chi connectivity index (χ4n) is 2.80. The Morgan fingerprint density at radius 3 is 2.48 bits per heavy atom. The summed E-state index contributed by atoms with van der Waals surface area (Å²) in [6.45, 7) is 4.02. The van der Waals surface area contributed by atoms with Crippen LogP contribution in [0.4, 0.5) is 10.5 Å². The Bertz CT molecular complexity index is 552. The number of hydrogen-bond acceptors (Lipinski definition) is 2. The lowest BCUT2D eigenvalue weighted by Crippen LogP contribution is -2.49. The first-order valence-corrected chi connectivity index (χ1v) is 7.40. The average molecular weight is 311 g/mol. The highest BCUT2D eigenvalue weighted by molar-refractivity contribution is 6.31. The third-order valence-corrected chi connectivity index (χ3v) is 4.12. The summed E-state index contributed by atoms with van der Waals surface area (Å²) in [6.07, 6.45) is 3.03. The molecule has 2 rings (SSSR count). The van der Waals surface area contributed by atoms with E-state index in [1.165, 1.54) is 12.1 Å². The maximum Gasteiger partial charge on any atom is 0.337 e. The van der Waals surface area contributed by atoms with Gasteiger partial charge in [-0.1, -0.05) is 11.6 Å². The van der Waals surface area contributed by atoms with Gasteiger partial charge >= 0.3 is 12.0 Å². The number of likely N-dealkylation sites (tertiary alicyclic amines) is 1. The van der Waals surface area contributed by atoms with Crippen LogP contribution in [0.25, 0.3) is 0 Å². The Labute approximate surface area is 128 Å². The van der Waals surface area contributed by atoms with E-state index in [9.17, 15) is 14.7 Å². The Morgan fingerprint density at radius 1 is 1.29 bits per heavy atom. The van der Waals surface area contributed by atoms with Crippen molar-refractivity contribution in [3.63, 3.8) is 0 Å². The molecule has 0 radical (unpaired) electrons. The summed E-state index contributed by atoms with van der Waals surface area (Å²) in [5.74, 6) is -1.12. The SMILES string of the molecule is C[C@@H]1CCC[C@H](C)N1C(=O)Nc1ccc(Cl)cc1C(=O)O. The summed E-state index contributed by atoms with van der Waals surface area (Å²) in [6, 6.07) is 4.45. The van der Waals surface area contributed by atoms with Crippen LogP contribution in [0, 0.1) is 0 Å². The van der Waals surface area contributed by atoms with E-state index >= 15 is 0 Å². The number of piperidine rings is 1. The molecule has 1 aromatic rings. The highest BCUT2D eigenvalue weighted by atomic mass is 35.5. The first kappa shape index (κ1) is 15.6. The van der Waals surface area contributed by atoms with Crippen LogP contribution in [0.2, 0.25) is 5.02 Å². The van der Waals surface area contributed by atoms with Crippen LogP contribution >= 0.6 is 11.6 Å². The fourth-order valence-corrected chi connectivity index (χ4v) is 2.98. The highest BCUT2D eigenvalue weighted by Crippen LogP contribution is 2.25. The standard InChI is InChI=1S/C15H19ClN2O3/c1-9-4-3-5-10(2)18(9)15(21)17-13-7-6-11(16)8-12(13)14(19)20/h6-10H,3-5H2,1-2H3,(H,17,21)(H,19,20)/t9-,10+. The second-order valence-electron chi connectivity index (χ2n) is 5.46. The number of hydrogen-bond donors (Lipinski definition) is 2. The van der Waals surface area contributed by atoms with Crippen molar-refractivity contribution >= 4 is 29.3 Å². The maximum atomic E-state index is 12.4. The molecule has 5 nitrogen and oxygen atoms in total. The van der Waals surface area contributed by atoms with Crippen molar-refractivity contribution in [3.8, 4) is 0 Å². The molecule has 2 N–H and O–H groups in total. The van der Waals surface area contributed by atoms with Crippen LogP contribution < -0.4 is 5.32 Å². The molecule has 21 heavy (non-hydrogen) atoms. The second-order valence-corrected chi connectivity index (χ2v) is 5.90. The monoisotopic (exact) mass is 310 g/mol. The molecular weight excluding hydrogens is 292 g/mol. The van der Waals surface area contributed by atoms with E-state index in [4.69, 9.17) is 11.6 Å². The quantitative estimate of drug-likeness (QED) is 0.872. The van der Waals surface area contributed by atoms with Gasteiger partial charge in [-0.3, -0.25) is 0 Å². The number of nitrogens with zero attached hydrogens (tertiary/aromatic N) is 1. The maximum absolute atomic E-state index is 12.4. The van der Waals surface area contributed by atoms with Gasteiger partial charge in [0.2, 0.25) is 0 Å². The molecule has 1 fully saturated rings. The normalized spacial score (nSPS) is 22.0. The van der Waals surface area contributed by atoms with E-state index in [2.05, 4.69) is 5.32 Å². The van der Waals surface area contributed by atoms with Gasteiger partial charge in [0.25, 0.3) is 0 Å². The summed E-state index contributed by atoms with van der Waals surface area (Å²) in [4.78, 5) is 25.5. The largest absolute Gasteiger partial charge is 0.478 e. The summed E-state index contributed by atoms with van der Waals surface area (Å²) in [5.41, 5.74) is 0.259. The number of nitrogens with one attached hydrogen (secondary N) is 1. The molecule has 1 aliphatic heterocycles. The van der Waals surface area contributed by atoms with E-state index < -0.39 is 5.97 Å².